The Labute approximate surface area is 123 Å². The molecule has 0 fully saturated rings. The van der Waals surface area contributed by atoms with E-state index in [-0.39, 0.29) is 31.2 Å². The van der Waals surface area contributed by atoms with E-state index >= 15 is 0 Å². The maximum absolute atomic E-state index is 12.2. The fraction of sp³-hybridized carbons (Fsp3) is 0.385. The number of ether oxygens (including phenoxy) is 3. The summed E-state index contributed by atoms with van der Waals surface area (Å²) in [6, 6.07) is 3.42. The summed E-state index contributed by atoms with van der Waals surface area (Å²) in [7, 11) is 0. The highest BCUT2D eigenvalue weighted by atomic mass is 19.4. The van der Waals surface area contributed by atoms with Gasteiger partial charge in [0.05, 0.1) is 12.2 Å². The van der Waals surface area contributed by atoms with Crippen LogP contribution >= 0.6 is 0 Å². The Balaban J connectivity index is 2.21. The zero-order valence-electron chi connectivity index (χ0n) is 11.5. The second-order valence-corrected chi connectivity index (χ2v) is 4.35. The number of carbonyl (C=O) groups is 2. The Morgan fingerprint density at radius 2 is 2.14 bits per heavy atom. The van der Waals surface area contributed by atoms with E-state index in [1.54, 1.807) is 0 Å². The minimum atomic E-state index is -4.84. The van der Waals surface area contributed by atoms with Crippen molar-refractivity contribution < 1.29 is 37.0 Å². The molecular weight excluding hydrogens is 307 g/mol. The average molecular weight is 319 g/mol. The van der Waals surface area contributed by atoms with Gasteiger partial charge in [0, 0.05) is 13.0 Å². The topological polar surface area (TPSA) is 65.1 Å². The van der Waals surface area contributed by atoms with Gasteiger partial charge in [0.25, 0.3) is 5.91 Å². The highest BCUT2D eigenvalue weighted by Crippen LogP contribution is 2.36. The molecule has 0 radical (unpaired) electrons. The third kappa shape index (κ3) is 4.03. The van der Waals surface area contributed by atoms with Gasteiger partial charge in [-0.25, -0.2) is 0 Å². The molecule has 1 aliphatic rings. The molecule has 1 aliphatic heterocycles. The molecule has 6 nitrogen and oxygen atoms in total. The summed E-state index contributed by atoms with van der Waals surface area (Å²) in [5, 5.41) is 0. The Bertz CT molecular complexity index is 588. The van der Waals surface area contributed by atoms with E-state index in [4.69, 9.17) is 9.47 Å². The first-order valence-electron chi connectivity index (χ1n) is 6.22. The number of amides is 1. The fourth-order valence-corrected chi connectivity index (χ4v) is 1.90. The Kier molecular flexibility index (Phi) is 4.43. The first kappa shape index (κ1) is 15.9. The van der Waals surface area contributed by atoms with E-state index in [1.165, 1.54) is 17.9 Å². The first-order valence-corrected chi connectivity index (χ1v) is 6.22. The second-order valence-electron chi connectivity index (χ2n) is 4.35. The maximum Gasteiger partial charge on any atom is 0.573 e. The number of benzene rings is 1. The van der Waals surface area contributed by atoms with Crippen LogP contribution < -0.4 is 14.4 Å². The molecule has 2 rings (SSSR count). The summed E-state index contributed by atoms with van der Waals surface area (Å²) < 4.78 is 50.4. The van der Waals surface area contributed by atoms with Crippen LogP contribution in [0.1, 0.15) is 6.92 Å². The molecule has 1 amide bonds. The van der Waals surface area contributed by atoms with E-state index in [0.29, 0.717) is 0 Å². The normalized spacial score (nSPS) is 14.2. The van der Waals surface area contributed by atoms with Crippen LogP contribution in [0, 0.1) is 0 Å². The van der Waals surface area contributed by atoms with Crippen LogP contribution in [0.4, 0.5) is 18.9 Å². The van der Waals surface area contributed by atoms with E-state index in [1.807, 2.05) is 0 Å². The lowest BCUT2D eigenvalue weighted by Gasteiger charge is -2.29. The molecule has 0 saturated carbocycles. The van der Waals surface area contributed by atoms with Crippen molar-refractivity contribution in [1.82, 2.24) is 0 Å². The maximum atomic E-state index is 12.2. The molecule has 0 atom stereocenters. The van der Waals surface area contributed by atoms with Crippen molar-refractivity contribution in [2.45, 2.75) is 13.3 Å². The smallest absolute Gasteiger partial charge is 0.482 e. The van der Waals surface area contributed by atoms with E-state index in [0.717, 1.165) is 12.1 Å². The van der Waals surface area contributed by atoms with Crippen LogP contribution in [-0.2, 0) is 14.3 Å². The minimum Gasteiger partial charge on any atom is -0.482 e. The summed E-state index contributed by atoms with van der Waals surface area (Å²) in [4.78, 5) is 23.7. The molecule has 0 aromatic heterocycles. The third-order valence-electron chi connectivity index (χ3n) is 2.73. The van der Waals surface area contributed by atoms with Crippen molar-refractivity contribution in [1.29, 1.82) is 0 Å². The van der Waals surface area contributed by atoms with E-state index < -0.39 is 24.0 Å². The molecule has 0 bridgehead atoms. The molecule has 120 valence electrons. The number of rotatable bonds is 4. The predicted molar refractivity (Wildman–Crippen MR) is 67.6 cm³/mol. The van der Waals surface area contributed by atoms with Crippen LogP contribution in [0.25, 0.3) is 0 Å². The van der Waals surface area contributed by atoms with Gasteiger partial charge in [-0.1, -0.05) is 0 Å². The van der Waals surface area contributed by atoms with Crippen molar-refractivity contribution in [3.63, 3.8) is 0 Å². The van der Waals surface area contributed by atoms with Gasteiger partial charge in [0.1, 0.15) is 18.1 Å². The van der Waals surface area contributed by atoms with Crippen LogP contribution in [0.2, 0.25) is 0 Å². The number of fused-ring (bicyclic) bond motifs is 1. The molecule has 9 heteroatoms. The molecule has 0 aliphatic carbocycles. The molecular formula is C13H12F3NO5. The highest BCUT2D eigenvalue weighted by Gasteiger charge is 2.32. The number of esters is 1. The van der Waals surface area contributed by atoms with Gasteiger partial charge in [-0.05, 0) is 12.1 Å². The van der Waals surface area contributed by atoms with Crippen LogP contribution in [0.15, 0.2) is 18.2 Å². The average Bonchev–Trinajstić information content (AvgIpc) is 2.39. The van der Waals surface area contributed by atoms with E-state index in [2.05, 4.69) is 4.74 Å². The number of carbonyl (C=O) groups excluding carboxylic acids is 2. The van der Waals surface area contributed by atoms with Gasteiger partial charge >= 0.3 is 12.3 Å². The molecule has 1 aromatic rings. The van der Waals surface area contributed by atoms with Crippen molar-refractivity contribution in [3.8, 4) is 11.5 Å². The minimum absolute atomic E-state index is 0.00421. The van der Waals surface area contributed by atoms with Gasteiger partial charge in [0.15, 0.2) is 6.61 Å². The number of nitrogens with zero attached hydrogens (tertiary/aromatic N) is 1. The Morgan fingerprint density at radius 3 is 2.77 bits per heavy atom. The lowest BCUT2D eigenvalue weighted by molar-refractivity contribution is -0.274. The fourth-order valence-electron chi connectivity index (χ4n) is 1.90. The summed E-state index contributed by atoms with van der Waals surface area (Å²) in [5.41, 5.74) is 0.130. The largest absolute Gasteiger partial charge is 0.573 e. The zero-order valence-corrected chi connectivity index (χ0v) is 11.5. The standard InChI is InChI=1S/C13H12F3NO5/c1-8(18)20-5-4-17-10-6-9(22-13(14,15)16)2-3-11(10)21-7-12(17)19/h2-3,6H,4-5,7H2,1H3. The predicted octanol–water partition coefficient (Wildman–Crippen LogP) is 1.87. The zero-order chi connectivity index (χ0) is 16.3. The highest BCUT2D eigenvalue weighted by molar-refractivity contribution is 5.98. The van der Waals surface area contributed by atoms with Gasteiger partial charge in [-0.15, -0.1) is 13.2 Å². The Hall–Kier alpha value is -2.45. The number of alkyl halides is 3. The molecule has 0 spiro atoms. The number of halogens is 3. The second kappa shape index (κ2) is 6.12. The van der Waals surface area contributed by atoms with E-state index in [9.17, 15) is 22.8 Å². The van der Waals surface area contributed by atoms with Crippen LogP contribution in [0.3, 0.4) is 0 Å². The summed E-state index contributed by atoms with van der Waals surface area (Å²) in [6.07, 6.45) is -4.84. The van der Waals surface area contributed by atoms with Crippen molar-refractivity contribution >= 4 is 17.6 Å². The van der Waals surface area contributed by atoms with Gasteiger partial charge in [0.2, 0.25) is 0 Å². The molecule has 0 unspecified atom stereocenters. The lowest BCUT2D eigenvalue weighted by Crippen LogP contribution is -2.41. The quantitative estimate of drug-likeness (QED) is 0.793. The SMILES string of the molecule is CC(=O)OCCN1C(=O)COc2ccc(OC(F)(F)F)cc21. The summed E-state index contributed by atoms with van der Waals surface area (Å²) in [5.74, 6) is -1.20. The number of hydrogen-bond acceptors (Lipinski definition) is 5. The molecule has 0 saturated heterocycles. The van der Waals surface area contributed by atoms with Crippen LogP contribution in [0.5, 0.6) is 11.5 Å². The monoisotopic (exact) mass is 319 g/mol. The number of anilines is 1. The Morgan fingerprint density at radius 1 is 1.41 bits per heavy atom. The van der Waals surface area contributed by atoms with Gasteiger partial charge in [-0.2, -0.15) is 0 Å². The molecule has 1 aromatic carbocycles. The number of hydrogen-bond donors (Lipinski definition) is 0. The molecule has 1 heterocycles. The molecule has 22 heavy (non-hydrogen) atoms. The summed E-state index contributed by atoms with van der Waals surface area (Å²) >= 11 is 0. The first-order chi connectivity index (χ1) is 10.3. The van der Waals surface area contributed by atoms with Gasteiger partial charge in [-0.3, -0.25) is 9.59 Å². The summed E-state index contributed by atoms with van der Waals surface area (Å²) in [6.45, 7) is 0.895. The van der Waals surface area contributed by atoms with Crippen molar-refractivity contribution in [2.75, 3.05) is 24.7 Å². The van der Waals surface area contributed by atoms with Crippen LogP contribution in [-0.4, -0.2) is 38.0 Å². The lowest BCUT2D eigenvalue weighted by atomic mass is 10.2. The molecule has 0 N–H and O–H groups in total. The third-order valence-corrected chi connectivity index (χ3v) is 2.73. The van der Waals surface area contributed by atoms with Crippen molar-refractivity contribution in [2.24, 2.45) is 0 Å². The van der Waals surface area contributed by atoms with Gasteiger partial charge < -0.3 is 19.1 Å². The van der Waals surface area contributed by atoms with Crippen molar-refractivity contribution in [3.05, 3.63) is 18.2 Å².